The number of phenolic OH excluding ortho intramolecular Hbond substituents is 1. The second kappa shape index (κ2) is 4.33. The van der Waals surface area contributed by atoms with E-state index in [4.69, 9.17) is 5.73 Å². The second-order valence-corrected chi connectivity index (χ2v) is 3.90. The molecule has 0 saturated heterocycles. The minimum Gasteiger partial charge on any atom is -0.508 e. The van der Waals surface area contributed by atoms with Gasteiger partial charge in [-0.25, -0.2) is 0 Å². The summed E-state index contributed by atoms with van der Waals surface area (Å²) < 4.78 is 0. The molecule has 3 N–H and O–H groups in total. The van der Waals surface area contributed by atoms with Gasteiger partial charge in [0.25, 0.3) is 0 Å². The first-order valence-electron chi connectivity index (χ1n) is 4.78. The summed E-state index contributed by atoms with van der Waals surface area (Å²) in [6.45, 7) is 4.95. The fourth-order valence-corrected chi connectivity index (χ4v) is 1.18. The van der Waals surface area contributed by atoms with E-state index >= 15 is 0 Å². The molecule has 78 valence electrons. The highest BCUT2D eigenvalue weighted by atomic mass is 16.3. The van der Waals surface area contributed by atoms with Crippen molar-refractivity contribution in [3.63, 3.8) is 0 Å². The third-order valence-electron chi connectivity index (χ3n) is 2.40. The number of nitrogens with two attached hydrogens (primary N) is 1. The minimum absolute atomic E-state index is 0.312. The number of aromatic hydroxyl groups is 1. The molecule has 0 unspecified atom stereocenters. The number of benzene rings is 1. The zero-order valence-corrected chi connectivity index (χ0v) is 8.99. The van der Waals surface area contributed by atoms with Gasteiger partial charge in [-0.05, 0) is 39.1 Å². The Labute approximate surface area is 85.2 Å². The molecule has 0 fully saturated rings. The second-order valence-electron chi connectivity index (χ2n) is 3.90. The van der Waals surface area contributed by atoms with Gasteiger partial charge in [0.15, 0.2) is 0 Å². The summed E-state index contributed by atoms with van der Waals surface area (Å²) in [7, 11) is 2.02. The molecule has 0 radical (unpaired) electrons. The van der Waals surface area contributed by atoms with Gasteiger partial charge in [-0.2, -0.15) is 0 Å². The standard InChI is InChI=1S/C11H18N2O/c1-8(2)13(3)7-9-6-10(12)4-5-11(9)14/h4-6,8,14H,7,12H2,1-3H3. The monoisotopic (exact) mass is 194 g/mol. The summed E-state index contributed by atoms with van der Waals surface area (Å²) in [6, 6.07) is 5.61. The topological polar surface area (TPSA) is 49.5 Å². The molecule has 0 spiro atoms. The van der Waals surface area contributed by atoms with Crippen molar-refractivity contribution in [3.05, 3.63) is 23.8 Å². The van der Waals surface area contributed by atoms with Crippen LogP contribution in [0.5, 0.6) is 5.75 Å². The van der Waals surface area contributed by atoms with Crippen LogP contribution in [-0.2, 0) is 6.54 Å². The Hall–Kier alpha value is -1.22. The van der Waals surface area contributed by atoms with Crippen LogP contribution in [-0.4, -0.2) is 23.1 Å². The Morgan fingerprint density at radius 2 is 2.07 bits per heavy atom. The van der Waals surface area contributed by atoms with Crippen molar-refractivity contribution < 1.29 is 5.11 Å². The van der Waals surface area contributed by atoms with Crippen molar-refractivity contribution in [2.24, 2.45) is 0 Å². The van der Waals surface area contributed by atoms with Gasteiger partial charge < -0.3 is 10.8 Å². The molecular formula is C11H18N2O. The Balaban J connectivity index is 2.80. The number of nitrogens with zero attached hydrogens (tertiary/aromatic N) is 1. The van der Waals surface area contributed by atoms with E-state index in [1.807, 2.05) is 13.1 Å². The molecule has 0 aliphatic carbocycles. The van der Waals surface area contributed by atoms with Crippen LogP contribution in [0.2, 0.25) is 0 Å². The number of hydrogen-bond acceptors (Lipinski definition) is 3. The first-order chi connectivity index (χ1) is 6.50. The molecule has 1 rings (SSSR count). The summed E-state index contributed by atoms with van der Waals surface area (Å²) in [4.78, 5) is 2.15. The van der Waals surface area contributed by atoms with Crippen molar-refractivity contribution in [1.82, 2.24) is 4.90 Å². The third kappa shape index (κ3) is 2.64. The molecule has 0 amide bonds. The molecule has 0 aliphatic rings. The molecule has 0 aromatic heterocycles. The van der Waals surface area contributed by atoms with Gasteiger partial charge in [-0.15, -0.1) is 0 Å². The molecule has 0 aliphatic heterocycles. The predicted octanol–water partition coefficient (Wildman–Crippen LogP) is 1.81. The van der Waals surface area contributed by atoms with Crippen LogP contribution >= 0.6 is 0 Å². The highest BCUT2D eigenvalue weighted by molar-refractivity contribution is 5.47. The van der Waals surface area contributed by atoms with Crippen LogP contribution in [0.3, 0.4) is 0 Å². The van der Waals surface area contributed by atoms with Gasteiger partial charge in [0.05, 0.1) is 0 Å². The summed E-state index contributed by atoms with van der Waals surface area (Å²) in [5.74, 6) is 0.312. The number of rotatable bonds is 3. The summed E-state index contributed by atoms with van der Waals surface area (Å²) in [5, 5.41) is 9.58. The van der Waals surface area contributed by atoms with Crippen LogP contribution in [0.25, 0.3) is 0 Å². The van der Waals surface area contributed by atoms with Gasteiger partial charge in [-0.1, -0.05) is 0 Å². The van der Waals surface area contributed by atoms with E-state index in [-0.39, 0.29) is 0 Å². The fourth-order valence-electron chi connectivity index (χ4n) is 1.18. The normalized spacial score (nSPS) is 11.2. The summed E-state index contributed by atoms with van der Waals surface area (Å²) in [6.07, 6.45) is 0. The molecule has 14 heavy (non-hydrogen) atoms. The molecule has 0 bridgehead atoms. The Morgan fingerprint density at radius 3 is 2.64 bits per heavy atom. The smallest absolute Gasteiger partial charge is 0.120 e. The lowest BCUT2D eigenvalue weighted by Crippen LogP contribution is -2.25. The van der Waals surface area contributed by atoms with E-state index in [2.05, 4.69) is 18.7 Å². The highest BCUT2D eigenvalue weighted by Crippen LogP contribution is 2.21. The van der Waals surface area contributed by atoms with Crippen molar-refractivity contribution in [2.75, 3.05) is 12.8 Å². The van der Waals surface area contributed by atoms with Crippen molar-refractivity contribution >= 4 is 5.69 Å². The number of nitrogen functional groups attached to an aromatic ring is 1. The van der Waals surface area contributed by atoms with Gasteiger partial charge in [0.2, 0.25) is 0 Å². The number of phenols is 1. The summed E-state index contributed by atoms with van der Waals surface area (Å²) in [5.41, 5.74) is 7.22. The Bertz CT molecular complexity index is 310. The Kier molecular flexibility index (Phi) is 3.36. The van der Waals surface area contributed by atoms with E-state index in [0.29, 0.717) is 24.0 Å². The maximum atomic E-state index is 9.58. The molecule has 1 aromatic carbocycles. The average Bonchev–Trinajstić information content (AvgIpc) is 2.11. The molecule has 0 heterocycles. The van der Waals surface area contributed by atoms with Crippen molar-refractivity contribution in [3.8, 4) is 5.75 Å². The third-order valence-corrected chi connectivity index (χ3v) is 2.40. The average molecular weight is 194 g/mol. The van der Waals surface area contributed by atoms with Gasteiger partial charge >= 0.3 is 0 Å². The largest absolute Gasteiger partial charge is 0.508 e. The lowest BCUT2D eigenvalue weighted by atomic mass is 10.1. The van der Waals surface area contributed by atoms with E-state index in [0.717, 1.165) is 5.56 Å². The van der Waals surface area contributed by atoms with Crippen LogP contribution in [0, 0.1) is 0 Å². The number of hydrogen-bond donors (Lipinski definition) is 2. The molecule has 1 aromatic rings. The van der Waals surface area contributed by atoms with Crippen molar-refractivity contribution in [1.29, 1.82) is 0 Å². The van der Waals surface area contributed by atoms with E-state index in [1.54, 1.807) is 12.1 Å². The van der Waals surface area contributed by atoms with Gasteiger partial charge in [0.1, 0.15) is 5.75 Å². The van der Waals surface area contributed by atoms with E-state index < -0.39 is 0 Å². The molecular weight excluding hydrogens is 176 g/mol. The minimum atomic E-state index is 0.312. The SMILES string of the molecule is CC(C)N(C)Cc1cc(N)ccc1O. The lowest BCUT2D eigenvalue weighted by Gasteiger charge is -2.21. The molecule has 3 heteroatoms. The van der Waals surface area contributed by atoms with Crippen molar-refractivity contribution in [2.45, 2.75) is 26.4 Å². The first-order valence-corrected chi connectivity index (χ1v) is 4.78. The van der Waals surface area contributed by atoms with Crippen LogP contribution in [0.1, 0.15) is 19.4 Å². The maximum absolute atomic E-state index is 9.58. The summed E-state index contributed by atoms with van der Waals surface area (Å²) >= 11 is 0. The van der Waals surface area contributed by atoms with Gasteiger partial charge in [0, 0.05) is 23.8 Å². The van der Waals surface area contributed by atoms with Gasteiger partial charge in [-0.3, -0.25) is 4.90 Å². The zero-order chi connectivity index (χ0) is 10.7. The number of anilines is 1. The van der Waals surface area contributed by atoms with E-state index in [9.17, 15) is 5.11 Å². The van der Waals surface area contributed by atoms with E-state index in [1.165, 1.54) is 0 Å². The lowest BCUT2D eigenvalue weighted by molar-refractivity contribution is 0.262. The quantitative estimate of drug-likeness (QED) is 0.570. The fraction of sp³-hybridized carbons (Fsp3) is 0.455. The first kappa shape index (κ1) is 10.9. The molecule has 3 nitrogen and oxygen atoms in total. The maximum Gasteiger partial charge on any atom is 0.120 e. The van der Waals surface area contributed by atoms with Crippen LogP contribution in [0.15, 0.2) is 18.2 Å². The van der Waals surface area contributed by atoms with Crippen LogP contribution in [0.4, 0.5) is 5.69 Å². The zero-order valence-electron chi connectivity index (χ0n) is 8.99. The Morgan fingerprint density at radius 1 is 1.43 bits per heavy atom. The molecule has 0 saturated carbocycles. The highest BCUT2D eigenvalue weighted by Gasteiger charge is 2.07. The molecule has 0 atom stereocenters. The van der Waals surface area contributed by atoms with Crippen LogP contribution < -0.4 is 5.73 Å². The predicted molar refractivity (Wildman–Crippen MR) is 59.1 cm³/mol.